The number of nitrogens with zero attached hydrogens (tertiary/aromatic N) is 1. The van der Waals surface area contributed by atoms with Crippen LogP contribution in [0.2, 0.25) is 0 Å². The van der Waals surface area contributed by atoms with Gasteiger partial charge in [0.1, 0.15) is 0 Å². The summed E-state index contributed by atoms with van der Waals surface area (Å²) in [6.07, 6.45) is 3.11. The predicted molar refractivity (Wildman–Crippen MR) is 115 cm³/mol. The van der Waals surface area contributed by atoms with Crippen molar-refractivity contribution < 1.29 is 9.53 Å². The number of benzene rings is 1. The number of hydrogen-bond acceptors (Lipinski definition) is 3. The van der Waals surface area contributed by atoms with Gasteiger partial charge in [0, 0.05) is 26.1 Å². The Morgan fingerprint density at radius 3 is 2.40 bits per heavy atom. The maximum absolute atomic E-state index is 11.1. The van der Waals surface area contributed by atoms with E-state index in [1.807, 2.05) is 0 Å². The van der Waals surface area contributed by atoms with E-state index < -0.39 is 0 Å². The van der Waals surface area contributed by atoms with Crippen molar-refractivity contribution in [1.29, 1.82) is 0 Å². The zero-order valence-electron chi connectivity index (χ0n) is 15.9. The Morgan fingerprint density at radius 1 is 1.12 bits per heavy atom. The molecule has 1 aromatic rings. The maximum atomic E-state index is 11.1. The first-order valence-electron chi connectivity index (χ1n) is 8.71. The van der Waals surface area contributed by atoms with E-state index in [2.05, 4.69) is 59.3 Å². The molecule has 0 aliphatic rings. The lowest BCUT2D eigenvalue weighted by atomic mass is 10.1. The van der Waals surface area contributed by atoms with Crippen molar-refractivity contribution in [3.8, 4) is 0 Å². The first-order valence-corrected chi connectivity index (χ1v) is 8.71. The van der Waals surface area contributed by atoms with Crippen LogP contribution in [0, 0.1) is 13.8 Å². The Morgan fingerprint density at radius 2 is 1.80 bits per heavy atom. The van der Waals surface area contributed by atoms with Gasteiger partial charge in [-0.3, -0.25) is 9.79 Å². The normalized spacial score (nSPS) is 10.8. The monoisotopic (exact) mass is 461 g/mol. The molecule has 0 aromatic heterocycles. The van der Waals surface area contributed by atoms with Gasteiger partial charge in [0.15, 0.2) is 5.96 Å². The molecule has 0 radical (unpaired) electrons. The molecule has 1 aromatic carbocycles. The van der Waals surface area contributed by atoms with Crippen molar-refractivity contribution in [2.24, 2.45) is 4.99 Å². The third-order valence-corrected chi connectivity index (χ3v) is 3.62. The third kappa shape index (κ3) is 11.0. The molecular weight excluding hydrogens is 429 g/mol. The van der Waals surface area contributed by atoms with Gasteiger partial charge in [0.05, 0.1) is 7.11 Å². The fraction of sp³-hybridized carbons (Fsp3) is 0.579. The Hall–Kier alpha value is -1.31. The third-order valence-electron chi connectivity index (χ3n) is 3.62. The van der Waals surface area contributed by atoms with Gasteiger partial charge in [0.25, 0.3) is 0 Å². The number of aliphatic imine (C=N–C) groups is 1. The van der Waals surface area contributed by atoms with Gasteiger partial charge in [-0.2, -0.15) is 0 Å². The summed E-state index contributed by atoms with van der Waals surface area (Å²) in [5, 5.41) is 6.62. The Bertz CT molecular complexity index is 527. The van der Waals surface area contributed by atoms with E-state index in [0.29, 0.717) is 13.0 Å². The number of methoxy groups -OCH3 is 1. The second-order valence-corrected chi connectivity index (χ2v) is 5.97. The largest absolute Gasteiger partial charge is 0.469 e. The Kier molecular flexibility index (Phi) is 13.2. The van der Waals surface area contributed by atoms with Gasteiger partial charge >= 0.3 is 5.97 Å². The van der Waals surface area contributed by atoms with E-state index in [9.17, 15) is 4.79 Å². The number of carbonyl (C=O) groups is 1. The SMILES string of the molecule is CCNC(=NCCCCC(=O)OC)NCCc1cc(C)cc(C)c1.I. The van der Waals surface area contributed by atoms with Crippen molar-refractivity contribution >= 4 is 35.9 Å². The van der Waals surface area contributed by atoms with Crippen LogP contribution in [-0.2, 0) is 16.0 Å². The van der Waals surface area contributed by atoms with Crippen molar-refractivity contribution in [3.05, 3.63) is 34.9 Å². The molecule has 5 nitrogen and oxygen atoms in total. The van der Waals surface area contributed by atoms with E-state index >= 15 is 0 Å². The highest BCUT2D eigenvalue weighted by atomic mass is 127. The van der Waals surface area contributed by atoms with Crippen molar-refractivity contribution in [2.45, 2.75) is 46.5 Å². The molecule has 1 rings (SSSR count). The standard InChI is InChI=1S/C19H31N3O2.HI/c1-5-20-19(21-10-7-6-8-18(23)24-4)22-11-9-17-13-15(2)12-16(3)14-17;/h12-14H,5-11H2,1-4H3,(H2,20,21,22);1H. The topological polar surface area (TPSA) is 62.7 Å². The molecule has 0 heterocycles. The first kappa shape index (κ1) is 23.7. The zero-order valence-corrected chi connectivity index (χ0v) is 18.2. The van der Waals surface area contributed by atoms with Gasteiger partial charge < -0.3 is 15.4 Å². The summed E-state index contributed by atoms with van der Waals surface area (Å²) in [6.45, 7) is 8.69. The second kappa shape index (κ2) is 13.9. The molecule has 0 atom stereocenters. The van der Waals surface area contributed by atoms with Crippen molar-refractivity contribution in [3.63, 3.8) is 0 Å². The average molecular weight is 461 g/mol. The fourth-order valence-corrected chi connectivity index (χ4v) is 2.55. The molecule has 142 valence electrons. The Labute approximate surface area is 169 Å². The lowest BCUT2D eigenvalue weighted by Crippen LogP contribution is -2.38. The Balaban J connectivity index is 0.00000576. The first-order chi connectivity index (χ1) is 11.5. The molecular formula is C19H32IN3O2. The van der Waals surface area contributed by atoms with Crippen molar-refractivity contribution in [2.75, 3.05) is 26.7 Å². The lowest BCUT2D eigenvalue weighted by molar-refractivity contribution is -0.140. The van der Waals surface area contributed by atoms with Crippen LogP contribution in [-0.4, -0.2) is 38.7 Å². The molecule has 6 heteroatoms. The number of rotatable bonds is 9. The highest BCUT2D eigenvalue weighted by molar-refractivity contribution is 14.0. The molecule has 0 amide bonds. The molecule has 0 bridgehead atoms. The summed E-state index contributed by atoms with van der Waals surface area (Å²) in [5.74, 6) is 0.678. The van der Waals surface area contributed by atoms with Crippen LogP contribution < -0.4 is 10.6 Å². The number of guanidine groups is 1. The van der Waals surface area contributed by atoms with E-state index in [-0.39, 0.29) is 29.9 Å². The van der Waals surface area contributed by atoms with Crippen LogP contribution >= 0.6 is 24.0 Å². The number of carbonyl (C=O) groups excluding carboxylic acids is 1. The molecule has 0 aliphatic carbocycles. The predicted octanol–water partition coefficient (Wildman–Crippen LogP) is 3.36. The van der Waals surface area contributed by atoms with Crippen molar-refractivity contribution in [1.82, 2.24) is 10.6 Å². The van der Waals surface area contributed by atoms with Gasteiger partial charge in [0.2, 0.25) is 0 Å². The molecule has 0 fully saturated rings. The average Bonchev–Trinajstić information content (AvgIpc) is 2.53. The van der Waals surface area contributed by atoms with Gasteiger partial charge in [-0.15, -0.1) is 24.0 Å². The van der Waals surface area contributed by atoms with Crippen LogP contribution in [0.5, 0.6) is 0 Å². The lowest BCUT2D eigenvalue weighted by Gasteiger charge is -2.12. The highest BCUT2D eigenvalue weighted by Gasteiger charge is 2.01. The molecule has 0 aliphatic heterocycles. The molecule has 0 spiro atoms. The second-order valence-electron chi connectivity index (χ2n) is 5.97. The fourth-order valence-electron chi connectivity index (χ4n) is 2.55. The van der Waals surface area contributed by atoms with E-state index in [4.69, 9.17) is 0 Å². The summed E-state index contributed by atoms with van der Waals surface area (Å²) < 4.78 is 4.63. The number of aryl methyl sites for hydroxylation is 2. The highest BCUT2D eigenvalue weighted by Crippen LogP contribution is 2.08. The summed E-state index contributed by atoms with van der Waals surface area (Å²) >= 11 is 0. The minimum atomic E-state index is -0.155. The number of esters is 1. The minimum absolute atomic E-state index is 0. The van der Waals surface area contributed by atoms with E-state index in [1.54, 1.807) is 0 Å². The van der Waals surface area contributed by atoms with Gasteiger partial charge in [-0.05, 0) is 45.6 Å². The minimum Gasteiger partial charge on any atom is -0.469 e. The van der Waals surface area contributed by atoms with E-state index in [1.165, 1.54) is 23.8 Å². The molecule has 0 saturated heterocycles. The molecule has 25 heavy (non-hydrogen) atoms. The summed E-state index contributed by atoms with van der Waals surface area (Å²) in [7, 11) is 1.42. The number of halogens is 1. The summed E-state index contributed by atoms with van der Waals surface area (Å²) in [5.41, 5.74) is 3.95. The molecule has 0 saturated carbocycles. The van der Waals surface area contributed by atoms with Crippen LogP contribution in [0.15, 0.2) is 23.2 Å². The number of unbranched alkanes of at least 4 members (excludes halogenated alkanes) is 1. The van der Waals surface area contributed by atoms with E-state index in [0.717, 1.165) is 38.3 Å². The smallest absolute Gasteiger partial charge is 0.305 e. The zero-order chi connectivity index (χ0) is 17.8. The van der Waals surface area contributed by atoms with Crippen LogP contribution in [0.1, 0.15) is 42.9 Å². The molecule has 0 unspecified atom stereocenters. The van der Waals surface area contributed by atoms with Crippen LogP contribution in [0.25, 0.3) is 0 Å². The van der Waals surface area contributed by atoms with Gasteiger partial charge in [-0.25, -0.2) is 0 Å². The van der Waals surface area contributed by atoms with Crippen LogP contribution in [0.4, 0.5) is 0 Å². The number of ether oxygens (including phenoxy) is 1. The van der Waals surface area contributed by atoms with Gasteiger partial charge in [-0.1, -0.05) is 29.3 Å². The summed E-state index contributed by atoms with van der Waals surface area (Å²) in [6, 6.07) is 6.65. The number of nitrogens with one attached hydrogen (secondary N) is 2. The number of hydrogen-bond donors (Lipinski definition) is 2. The quantitative estimate of drug-likeness (QED) is 0.195. The summed E-state index contributed by atoms with van der Waals surface area (Å²) in [4.78, 5) is 15.6. The maximum Gasteiger partial charge on any atom is 0.305 e. The molecule has 2 N–H and O–H groups in total. The van der Waals surface area contributed by atoms with Crippen LogP contribution in [0.3, 0.4) is 0 Å².